The van der Waals surface area contributed by atoms with Crippen LogP contribution in [0.3, 0.4) is 0 Å². The third kappa shape index (κ3) is 11.6. The van der Waals surface area contributed by atoms with Gasteiger partial charge in [-0.25, -0.2) is 0 Å². The number of unbranched alkanes of at least 4 members (excludes halogenated alkanes) is 8. The fourth-order valence-corrected chi connectivity index (χ4v) is 3.36. The first-order valence-electron chi connectivity index (χ1n) is 10.5. The van der Waals surface area contributed by atoms with Crippen molar-refractivity contribution >= 4 is 5.97 Å². The minimum Gasteiger partial charge on any atom is -0.459 e. The molecule has 0 aromatic heterocycles. The number of nitrogens with zero attached hydrogens (tertiary/aromatic N) is 1. The van der Waals surface area contributed by atoms with Gasteiger partial charge < -0.3 is 14.0 Å². The van der Waals surface area contributed by atoms with Crippen molar-refractivity contribution < 1.29 is 18.8 Å². The van der Waals surface area contributed by atoms with Gasteiger partial charge in [0, 0.05) is 19.3 Å². The maximum Gasteiger partial charge on any atom is 0.306 e. The first kappa shape index (κ1) is 22.4. The topological polar surface area (TPSA) is 35.5 Å². The van der Waals surface area contributed by atoms with Crippen LogP contribution >= 0.6 is 0 Å². The Kier molecular flexibility index (Phi) is 11.4. The molecule has 148 valence electrons. The monoisotopic (exact) mass is 356 g/mol. The lowest BCUT2D eigenvalue weighted by molar-refractivity contribution is -0.870. The molecule has 1 saturated heterocycles. The molecule has 0 N–H and O–H groups in total. The molecule has 4 nitrogen and oxygen atoms in total. The number of carbonyl (C=O) groups excluding carboxylic acids is 1. The Balaban J connectivity index is 2.05. The van der Waals surface area contributed by atoms with Gasteiger partial charge in [-0.2, -0.15) is 0 Å². The van der Waals surface area contributed by atoms with Crippen LogP contribution in [0.15, 0.2) is 0 Å². The third-order valence-corrected chi connectivity index (χ3v) is 5.00. The molecule has 0 bridgehead atoms. The van der Waals surface area contributed by atoms with Gasteiger partial charge in [0.2, 0.25) is 0 Å². The van der Waals surface area contributed by atoms with E-state index in [0.717, 1.165) is 43.3 Å². The molecule has 4 heteroatoms. The number of rotatable bonds is 14. The van der Waals surface area contributed by atoms with E-state index in [4.69, 9.17) is 9.47 Å². The van der Waals surface area contributed by atoms with Gasteiger partial charge >= 0.3 is 5.97 Å². The van der Waals surface area contributed by atoms with E-state index in [-0.39, 0.29) is 18.2 Å². The Labute approximate surface area is 155 Å². The van der Waals surface area contributed by atoms with E-state index in [1.165, 1.54) is 44.9 Å². The van der Waals surface area contributed by atoms with Crippen molar-refractivity contribution in [3.05, 3.63) is 0 Å². The molecular weight excluding hydrogens is 314 g/mol. The van der Waals surface area contributed by atoms with Gasteiger partial charge in [-0.3, -0.25) is 4.79 Å². The third-order valence-electron chi connectivity index (χ3n) is 5.00. The lowest BCUT2D eigenvalue weighted by atomic mass is 10.1. The Morgan fingerprint density at radius 3 is 2.20 bits per heavy atom. The SMILES string of the molecule is CCCCCCCCCCCC(=O)OC1CCOC1CC[N+](C)(C)C. The van der Waals surface area contributed by atoms with E-state index in [1.807, 2.05) is 0 Å². The number of quaternary nitrogens is 1. The zero-order valence-electron chi connectivity index (χ0n) is 17.2. The average Bonchev–Trinajstić information content (AvgIpc) is 2.98. The molecule has 1 aliphatic heterocycles. The van der Waals surface area contributed by atoms with E-state index >= 15 is 0 Å². The van der Waals surface area contributed by atoms with E-state index < -0.39 is 0 Å². The number of hydrogen-bond acceptors (Lipinski definition) is 3. The van der Waals surface area contributed by atoms with E-state index in [0.29, 0.717) is 6.42 Å². The fraction of sp³-hybridized carbons (Fsp3) is 0.952. The van der Waals surface area contributed by atoms with Crippen molar-refractivity contribution in [1.82, 2.24) is 0 Å². The van der Waals surface area contributed by atoms with E-state index in [1.54, 1.807) is 0 Å². The molecule has 1 heterocycles. The second kappa shape index (κ2) is 12.7. The molecule has 0 saturated carbocycles. The van der Waals surface area contributed by atoms with Crippen LogP contribution in [0.1, 0.15) is 84.0 Å². The number of esters is 1. The highest BCUT2D eigenvalue weighted by Crippen LogP contribution is 2.22. The van der Waals surface area contributed by atoms with Crippen LogP contribution in [-0.4, -0.2) is 57.0 Å². The van der Waals surface area contributed by atoms with Gasteiger partial charge in [0.1, 0.15) is 6.10 Å². The molecule has 0 aromatic rings. The maximum absolute atomic E-state index is 12.1. The molecule has 0 amide bonds. The standard InChI is InChI=1S/C21H42NO3/c1-5-6-7-8-9-10-11-12-13-14-21(23)25-20-16-18-24-19(20)15-17-22(2,3)4/h19-20H,5-18H2,1-4H3/q+1. The summed E-state index contributed by atoms with van der Waals surface area (Å²) >= 11 is 0. The first-order chi connectivity index (χ1) is 11.9. The van der Waals surface area contributed by atoms with Crippen molar-refractivity contribution in [2.24, 2.45) is 0 Å². The lowest BCUT2D eigenvalue weighted by Gasteiger charge is -2.27. The summed E-state index contributed by atoms with van der Waals surface area (Å²) < 4.78 is 12.4. The smallest absolute Gasteiger partial charge is 0.306 e. The summed E-state index contributed by atoms with van der Waals surface area (Å²) in [7, 11) is 6.54. The van der Waals surface area contributed by atoms with E-state index in [2.05, 4.69) is 28.1 Å². The van der Waals surface area contributed by atoms with Gasteiger partial charge in [-0.15, -0.1) is 0 Å². The first-order valence-corrected chi connectivity index (χ1v) is 10.5. The summed E-state index contributed by atoms with van der Waals surface area (Å²) in [6.07, 6.45) is 13.9. The number of hydrogen-bond donors (Lipinski definition) is 0. The Hall–Kier alpha value is -0.610. The summed E-state index contributed by atoms with van der Waals surface area (Å²) in [5, 5.41) is 0. The van der Waals surface area contributed by atoms with Crippen LogP contribution in [-0.2, 0) is 14.3 Å². The second-order valence-electron chi connectivity index (χ2n) is 8.61. The lowest BCUT2D eigenvalue weighted by Crippen LogP contribution is -2.39. The highest BCUT2D eigenvalue weighted by Gasteiger charge is 2.32. The van der Waals surface area contributed by atoms with Gasteiger partial charge in [0.15, 0.2) is 0 Å². The zero-order valence-corrected chi connectivity index (χ0v) is 17.2. The molecule has 0 spiro atoms. The van der Waals surface area contributed by atoms with E-state index in [9.17, 15) is 4.79 Å². The largest absolute Gasteiger partial charge is 0.459 e. The number of ether oxygens (including phenoxy) is 2. The molecule has 0 aliphatic carbocycles. The van der Waals surface area contributed by atoms with Crippen LogP contribution in [0.4, 0.5) is 0 Å². The number of carbonyl (C=O) groups is 1. The Morgan fingerprint density at radius 2 is 1.60 bits per heavy atom. The van der Waals surface area contributed by atoms with Crippen molar-refractivity contribution in [2.45, 2.75) is 96.2 Å². The molecule has 25 heavy (non-hydrogen) atoms. The van der Waals surface area contributed by atoms with Gasteiger partial charge in [0.25, 0.3) is 0 Å². The normalized spacial score (nSPS) is 20.8. The molecule has 1 rings (SSSR count). The van der Waals surface area contributed by atoms with Crippen LogP contribution in [0, 0.1) is 0 Å². The predicted octanol–water partition coefficient (Wildman–Crippen LogP) is 4.70. The summed E-state index contributed by atoms with van der Waals surface area (Å²) in [5.74, 6) is -0.0336. The summed E-state index contributed by atoms with van der Waals surface area (Å²) in [4.78, 5) is 12.1. The quantitative estimate of drug-likeness (QED) is 0.257. The van der Waals surface area contributed by atoms with Crippen LogP contribution in [0.25, 0.3) is 0 Å². The van der Waals surface area contributed by atoms with Crippen molar-refractivity contribution in [1.29, 1.82) is 0 Å². The molecular formula is C21H42NO3+. The summed E-state index contributed by atoms with van der Waals surface area (Å²) in [5.41, 5.74) is 0. The Bertz CT molecular complexity index is 352. The molecule has 2 unspecified atom stereocenters. The van der Waals surface area contributed by atoms with Crippen molar-refractivity contribution in [2.75, 3.05) is 34.3 Å². The van der Waals surface area contributed by atoms with Gasteiger partial charge in [-0.1, -0.05) is 58.3 Å². The predicted molar refractivity (Wildman–Crippen MR) is 104 cm³/mol. The maximum atomic E-state index is 12.1. The van der Waals surface area contributed by atoms with Crippen LogP contribution in [0.2, 0.25) is 0 Å². The summed E-state index contributed by atoms with van der Waals surface area (Å²) in [6.45, 7) is 4.01. The van der Waals surface area contributed by atoms with Gasteiger partial charge in [0.05, 0.1) is 40.4 Å². The molecule has 0 radical (unpaired) electrons. The molecule has 0 aromatic carbocycles. The Morgan fingerprint density at radius 1 is 1.00 bits per heavy atom. The highest BCUT2D eigenvalue weighted by molar-refractivity contribution is 5.69. The molecule has 1 fully saturated rings. The fourth-order valence-electron chi connectivity index (χ4n) is 3.36. The van der Waals surface area contributed by atoms with Crippen LogP contribution < -0.4 is 0 Å². The van der Waals surface area contributed by atoms with Crippen molar-refractivity contribution in [3.63, 3.8) is 0 Å². The molecule has 2 atom stereocenters. The highest BCUT2D eigenvalue weighted by atomic mass is 16.6. The zero-order chi connectivity index (χ0) is 18.5. The summed E-state index contributed by atoms with van der Waals surface area (Å²) in [6, 6.07) is 0. The average molecular weight is 357 g/mol. The van der Waals surface area contributed by atoms with Crippen molar-refractivity contribution in [3.8, 4) is 0 Å². The minimum absolute atomic E-state index is 0.0300. The second-order valence-corrected chi connectivity index (χ2v) is 8.61. The van der Waals surface area contributed by atoms with Crippen LogP contribution in [0.5, 0.6) is 0 Å². The van der Waals surface area contributed by atoms with Gasteiger partial charge in [-0.05, 0) is 6.42 Å². The molecule has 1 aliphatic rings. The minimum atomic E-state index is -0.0336.